The first-order valence-corrected chi connectivity index (χ1v) is 4.14. The molecule has 0 spiro atoms. The Balaban J connectivity index is 2.92. The number of hydrogen-bond donors (Lipinski definition) is 0. The van der Waals surface area contributed by atoms with Crippen molar-refractivity contribution in [2.45, 2.75) is 5.33 Å². The summed E-state index contributed by atoms with van der Waals surface area (Å²) in [5.41, 5.74) is 0.816. The molecule has 0 atom stereocenters. The summed E-state index contributed by atoms with van der Waals surface area (Å²) in [5, 5.41) is 4.41. The molecule has 1 rings (SSSR count). The van der Waals surface area contributed by atoms with E-state index >= 15 is 0 Å². The number of hydrogen-bond acceptors (Lipinski definition) is 3. The summed E-state index contributed by atoms with van der Waals surface area (Å²) in [6.45, 7) is 0. The van der Waals surface area contributed by atoms with Gasteiger partial charge >= 0.3 is 0 Å². The van der Waals surface area contributed by atoms with E-state index in [0.29, 0.717) is 9.67 Å². The van der Waals surface area contributed by atoms with Gasteiger partial charge in [-0.3, -0.25) is 0 Å². The third-order valence-corrected chi connectivity index (χ3v) is 2.15. The molecule has 1 aromatic rings. The normalized spacial score (nSPS) is 9.75. The summed E-state index contributed by atoms with van der Waals surface area (Å²) in [7, 11) is 0. The first kappa shape index (κ1) is 6.45. The highest BCUT2D eigenvalue weighted by Crippen LogP contribution is 2.18. The molecular weight excluding hydrogens is 211 g/mol. The molecule has 0 N–H and O–H groups in total. The van der Waals surface area contributed by atoms with Gasteiger partial charge in [-0.15, -0.1) is 5.10 Å². The van der Waals surface area contributed by atoms with Gasteiger partial charge in [0.15, 0.2) is 0 Å². The second-order valence-electron chi connectivity index (χ2n) is 1.13. The SMILES string of the molecule is Clc1snnc1CBr. The van der Waals surface area contributed by atoms with Crippen LogP contribution in [0, 0.1) is 0 Å². The Hall–Kier alpha value is 0.330. The minimum Gasteiger partial charge on any atom is -0.141 e. The van der Waals surface area contributed by atoms with Crippen LogP contribution in [0.4, 0.5) is 0 Å². The lowest BCUT2D eigenvalue weighted by molar-refractivity contribution is 1.08. The maximum atomic E-state index is 5.60. The molecule has 0 radical (unpaired) electrons. The fraction of sp³-hybridized carbons (Fsp3) is 0.333. The third-order valence-electron chi connectivity index (χ3n) is 0.636. The van der Waals surface area contributed by atoms with E-state index in [1.54, 1.807) is 0 Å². The zero-order chi connectivity index (χ0) is 5.98. The topological polar surface area (TPSA) is 25.8 Å². The monoisotopic (exact) mass is 212 g/mol. The van der Waals surface area contributed by atoms with Crippen LogP contribution in [-0.2, 0) is 5.33 Å². The van der Waals surface area contributed by atoms with E-state index in [4.69, 9.17) is 11.6 Å². The van der Waals surface area contributed by atoms with Crippen molar-refractivity contribution in [3.8, 4) is 0 Å². The molecular formula is C3H2BrClN2S. The maximum absolute atomic E-state index is 5.60. The molecule has 0 saturated carbocycles. The van der Waals surface area contributed by atoms with Gasteiger partial charge in [0.05, 0.1) is 0 Å². The van der Waals surface area contributed by atoms with E-state index in [1.807, 2.05) is 0 Å². The lowest BCUT2D eigenvalue weighted by atomic mass is 10.6. The fourth-order valence-electron chi connectivity index (χ4n) is 0.277. The Labute approximate surface area is 64.2 Å². The van der Waals surface area contributed by atoms with E-state index in [2.05, 4.69) is 25.5 Å². The number of nitrogens with zero attached hydrogens (tertiary/aromatic N) is 2. The molecule has 1 aromatic heterocycles. The molecule has 0 fully saturated rings. The Bertz CT molecular complexity index is 178. The molecule has 0 saturated heterocycles. The van der Waals surface area contributed by atoms with Crippen molar-refractivity contribution in [2.24, 2.45) is 0 Å². The second-order valence-corrected chi connectivity index (χ2v) is 3.04. The van der Waals surface area contributed by atoms with Crippen molar-refractivity contribution in [2.75, 3.05) is 0 Å². The summed E-state index contributed by atoms with van der Waals surface area (Å²) >= 11 is 10.0. The van der Waals surface area contributed by atoms with Crippen LogP contribution >= 0.6 is 39.1 Å². The van der Waals surface area contributed by atoms with Gasteiger partial charge in [0.25, 0.3) is 0 Å². The molecule has 8 heavy (non-hydrogen) atoms. The van der Waals surface area contributed by atoms with Crippen molar-refractivity contribution in [3.63, 3.8) is 0 Å². The zero-order valence-electron chi connectivity index (χ0n) is 3.77. The van der Waals surface area contributed by atoms with Crippen LogP contribution < -0.4 is 0 Å². The molecule has 0 unspecified atom stereocenters. The van der Waals surface area contributed by atoms with Crippen LogP contribution in [0.5, 0.6) is 0 Å². The minimum absolute atomic E-state index is 0.668. The average Bonchev–Trinajstić information content (AvgIpc) is 2.14. The maximum Gasteiger partial charge on any atom is 0.138 e. The fourth-order valence-corrected chi connectivity index (χ4v) is 1.64. The van der Waals surface area contributed by atoms with Gasteiger partial charge in [-0.25, -0.2) is 0 Å². The van der Waals surface area contributed by atoms with E-state index in [1.165, 1.54) is 11.5 Å². The van der Waals surface area contributed by atoms with Crippen LogP contribution in [0.3, 0.4) is 0 Å². The summed E-state index contributed by atoms with van der Waals surface area (Å²) in [5.74, 6) is 0. The Morgan fingerprint density at radius 3 is 2.75 bits per heavy atom. The van der Waals surface area contributed by atoms with E-state index < -0.39 is 0 Å². The molecule has 0 bridgehead atoms. The molecule has 0 amide bonds. The highest BCUT2D eigenvalue weighted by Gasteiger charge is 2.00. The van der Waals surface area contributed by atoms with Crippen LogP contribution in [-0.4, -0.2) is 9.59 Å². The third kappa shape index (κ3) is 1.18. The number of alkyl halides is 1. The predicted molar refractivity (Wildman–Crippen MR) is 37.6 cm³/mol. The molecule has 0 aliphatic carbocycles. The minimum atomic E-state index is 0.668. The van der Waals surface area contributed by atoms with Crippen molar-refractivity contribution in [1.82, 2.24) is 9.59 Å². The average molecular weight is 213 g/mol. The summed E-state index contributed by atoms with van der Waals surface area (Å²) in [6, 6.07) is 0. The molecule has 0 aliphatic heterocycles. The molecule has 0 aromatic carbocycles. The molecule has 2 nitrogen and oxygen atoms in total. The first-order chi connectivity index (χ1) is 3.84. The first-order valence-electron chi connectivity index (χ1n) is 1.87. The van der Waals surface area contributed by atoms with E-state index in [0.717, 1.165) is 5.69 Å². The van der Waals surface area contributed by atoms with Gasteiger partial charge in [0, 0.05) is 16.9 Å². The van der Waals surface area contributed by atoms with Gasteiger partial charge in [-0.1, -0.05) is 32.0 Å². The number of aromatic nitrogens is 2. The second kappa shape index (κ2) is 2.75. The highest BCUT2D eigenvalue weighted by molar-refractivity contribution is 9.08. The van der Waals surface area contributed by atoms with Crippen LogP contribution in [0.1, 0.15) is 5.69 Å². The number of rotatable bonds is 1. The molecule has 44 valence electrons. The van der Waals surface area contributed by atoms with E-state index in [-0.39, 0.29) is 0 Å². The Morgan fingerprint density at radius 2 is 2.50 bits per heavy atom. The highest BCUT2D eigenvalue weighted by atomic mass is 79.9. The molecule has 1 heterocycles. The summed E-state index contributed by atoms with van der Waals surface area (Å²) < 4.78 is 4.29. The number of halogens is 2. The van der Waals surface area contributed by atoms with Gasteiger partial charge in [0.2, 0.25) is 0 Å². The summed E-state index contributed by atoms with van der Waals surface area (Å²) in [6.07, 6.45) is 0. The zero-order valence-corrected chi connectivity index (χ0v) is 6.92. The van der Waals surface area contributed by atoms with E-state index in [9.17, 15) is 0 Å². The van der Waals surface area contributed by atoms with Gasteiger partial charge in [0.1, 0.15) is 10.0 Å². The van der Waals surface area contributed by atoms with Crippen molar-refractivity contribution in [1.29, 1.82) is 0 Å². The van der Waals surface area contributed by atoms with Crippen LogP contribution in [0.15, 0.2) is 0 Å². The van der Waals surface area contributed by atoms with Gasteiger partial charge < -0.3 is 0 Å². The van der Waals surface area contributed by atoms with Gasteiger partial charge in [-0.2, -0.15) is 0 Å². The van der Waals surface area contributed by atoms with Crippen molar-refractivity contribution >= 4 is 39.1 Å². The largest absolute Gasteiger partial charge is 0.141 e. The lowest BCUT2D eigenvalue weighted by Crippen LogP contribution is -1.75. The van der Waals surface area contributed by atoms with Crippen molar-refractivity contribution < 1.29 is 0 Å². The Kier molecular flexibility index (Phi) is 2.22. The quantitative estimate of drug-likeness (QED) is 0.668. The van der Waals surface area contributed by atoms with Crippen LogP contribution in [0.25, 0.3) is 0 Å². The van der Waals surface area contributed by atoms with Crippen molar-refractivity contribution in [3.05, 3.63) is 10.0 Å². The Morgan fingerprint density at radius 1 is 1.75 bits per heavy atom. The standard InChI is InChI=1S/C3H2BrClN2S/c4-1-2-3(5)8-7-6-2/h1H2. The molecule has 0 aliphatic rings. The summed E-state index contributed by atoms with van der Waals surface area (Å²) in [4.78, 5) is 0. The lowest BCUT2D eigenvalue weighted by Gasteiger charge is -1.79. The van der Waals surface area contributed by atoms with Gasteiger partial charge in [-0.05, 0) is 0 Å². The molecule has 5 heteroatoms. The van der Waals surface area contributed by atoms with Crippen LogP contribution in [0.2, 0.25) is 4.34 Å². The smallest absolute Gasteiger partial charge is 0.138 e. The predicted octanol–water partition coefficient (Wildman–Crippen LogP) is 2.09.